The molecule has 7 nitrogen and oxygen atoms in total. The Balaban J connectivity index is 1.38. The van der Waals surface area contributed by atoms with Gasteiger partial charge in [-0.2, -0.15) is 0 Å². The molecular weight excluding hydrogens is 488 g/mol. The second-order valence-electron chi connectivity index (χ2n) is 9.89. The van der Waals surface area contributed by atoms with E-state index in [-0.39, 0.29) is 0 Å². The molecule has 2 aliphatic heterocycles. The highest BCUT2D eigenvalue weighted by atomic mass is 32.2. The molecule has 0 bridgehead atoms. The van der Waals surface area contributed by atoms with Crippen molar-refractivity contribution in [3.05, 3.63) is 107 Å². The maximum absolute atomic E-state index is 13.6. The van der Waals surface area contributed by atoms with E-state index in [9.17, 15) is 18.6 Å². The van der Waals surface area contributed by atoms with Gasteiger partial charge in [0.25, 0.3) is 5.91 Å². The van der Waals surface area contributed by atoms with E-state index in [1.54, 1.807) is 26.0 Å². The molecule has 1 unspecified atom stereocenters. The van der Waals surface area contributed by atoms with Crippen molar-refractivity contribution in [1.82, 2.24) is 10.2 Å². The number of hydrogen-bond donors (Lipinski definition) is 1. The molecule has 37 heavy (non-hydrogen) atoms. The van der Waals surface area contributed by atoms with Gasteiger partial charge in [0.1, 0.15) is 17.5 Å². The summed E-state index contributed by atoms with van der Waals surface area (Å²) >= 11 is 0. The fourth-order valence-corrected chi connectivity index (χ4v) is 6.88. The minimum Gasteiger partial charge on any atom is -0.451 e. The van der Waals surface area contributed by atoms with Crippen LogP contribution in [0.2, 0.25) is 0 Å². The summed E-state index contributed by atoms with van der Waals surface area (Å²) in [6, 6.07) is 23.7. The SMILES string of the molecule is Cc1ccc(C(=O)N[C@H]2C(=O)N3[C@@H]2S(=O)C(C)(C)[C@@H]3C(=O)OC(c2ccccc2)c2ccccc2)cc1. The third-order valence-electron chi connectivity index (χ3n) is 7.02. The number of hydrogen-bond acceptors (Lipinski definition) is 5. The number of carbonyl (C=O) groups is 3. The lowest BCUT2D eigenvalue weighted by atomic mass is 9.95. The summed E-state index contributed by atoms with van der Waals surface area (Å²) in [6.45, 7) is 5.30. The number of fused-ring (bicyclic) bond motifs is 1. The summed E-state index contributed by atoms with van der Waals surface area (Å²) in [5.74, 6) is -1.50. The van der Waals surface area contributed by atoms with Crippen LogP contribution in [-0.2, 0) is 25.1 Å². The number of amides is 2. The smallest absolute Gasteiger partial charge is 0.331 e. The van der Waals surface area contributed by atoms with Crippen molar-refractivity contribution in [3.63, 3.8) is 0 Å². The average molecular weight is 517 g/mol. The molecular formula is C29H28N2O5S. The van der Waals surface area contributed by atoms with Gasteiger partial charge in [-0.25, -0.2) is 4.79 Å². The fraction of sp³-hybridized carbons (Fsp3) is 0.276. The lowest BCUT2D eigenvalue weighted by Crippen LogP contribution is -2.71. The molecule has 190 valence electrons. The Hall–Kier alpha value is -3.78. The molecule has 2 fully saturated rings. The van der Waals surface area contributed by atoms with Crippen molar-refractivity contribution in [2.45, 2.75) is 49.1 Å². The molecule has 3 aromatic carbocycles. The van der Waals surface area contributed by atoms with E-state index in [2.05, 4.69) is 5.32 Å². The van der Waals surface area contributed by atoms with Crippen LogP contribution in [0.1, 0.15) is 47.0 Å². The second-order valence-corrected chi connectivity index (χ2v) is 12.0. The minimum atomic E-state index is -1.61. The summed E-state index contributed by atoms with van der Waals surface area (Å²) in [4.78, 5) is 40.9. The number of nitrogens with one attached hydrogen (secondary N) is 1. The number of benzene rings is 3. The van der Waals surface area contributed by atoms with Gasteiger partial charge in [0.05, 0.1) is 15.5 Å². The van der Waals surface area contributed by atoms with E-state index >= 15 is 0 Å². The summed E-state index contributed by atoms with van der Waals surface area (Å²) in [5.41, 5.74) is 2.98. The predicted molar refractivity (Wildman–Crippen MR) is 140 cm³/mol. The van der Waals surface area contributed by atoms with Crippen molar-refractivity contribution < 1.29 is 23.3 Å². The molecule has 0 saturated carbocycles. The van der Waals surface area contributed by atoms with Gasteiger partial charge in [0.2, 0.25) is 5.91 Å². The Kier molecular flexibility index (Phi) is 6.45. The molecule has 5 rings (SSSR count). The molecule has 0 spiro atoms. The van der Waals surface area contributed by atoms with Crippen LogP contribution in [0.25, 0.3) is 0 Å². The normalized spacial score (nSPS) is 23.8. The van der Waals surface area contributed by atoms with Crippen molar-refractivity contribution >= 4 is 28.6 Å². The molecule has 2 aliphatic rings. The number of esters is 1. The van der Waals surface area contributed by atoms with Gasteiger partial charge in [-0.05, 0) is 44.0 Å². The highest BCUT2D eigenvalue weighted by molar-refractivity contribution is 7.87. The first kappa shape index (κ1) is 24.9. The van der Waals surface area contributed by atoms with Gasteiger partial charge < -0.3 is 15.0 Å². The molecule has 4 atom stereocenters. The molecule has 2 heterocycles. The van der Waals surface area contributed by atoms with Crippen LogP contribution >= 0.6 is 0 Å². The second kappa shape index (κ2) is 9.59. The number of aryl methyl sites for hydroxylation is 1. The Morgan fingerprint density at radius 1 is 0.919 bits per heavy atom. The first-order valence-electron chi connectivity index (χ1n) is 12.1. The Morgan fingerprint density at radius 2 is 1.46 bits per heavy atom. The van der Waals surface area contributed by atoms with Crippen LogP contribution in [-0.4, -0.2) is 49.1 Å². The van der Waals surface area contributed by atoms with Gasteiger partial charge >= 0.3 is 5.97 Å². The lowest BCUT2D eigenvalue weighted by Gasteiger charge is -2.43. The van der Waals surface area contributed by atoms with E-state index in [1.165, 1.54) is 4.90 Å². The zero-order valence-electron chi connectivity index (χ0n) is 20.8. The van der Waals surface area contributed by atoms with E-state index in [0.717, 1.165) is 16.7 Å². The van der Waals surface area contributed by atoms with Crippen LogP contribution in [0, 0.1) is 6.92 Å². The van der Waals surface area contributed by atoms with Gasteiger partial charge in [-0.1, -0.05) is 78.4 Å². The summed E-state index contributed by atoms with van der Waals surface area (Å²) in [5, 5.41) is 1.91. The molecule has 2 saturated heterocycles. The van der Waals surface area contributed by atoms with Crippen molar-refractivity contribution in [3.8, 4) is 0 Å². The third-order valence-corrected chi connectivity index (χ3v) is 9.21. The maximum Gasteiger partial charge on any atom is 0.331 e. The number of β-lactam (4-membered cyclic amide) rings is 1. The molecule has 1 N–H and O–H groups in total. The molecule has 0 radical (unpaired) electrons. The van der Waals surface area contributed by atoms with Crippen LogP contribution in [0.15, 0.2) is 84.9 Å². The van der Waals surface area contributed by atoms with E-state index in [0.29, 0.717) is 5.56 Å². The summed E-state index contributed by atoms with van der Waals surface area (Å²) in [6.07, 6.45) is -0.688. The van der Waals surface area contributed by atoms with E-state index < -0.39 is 56.9 Å². The van der Waals surface area contributed by atoms with E-state index in [1.807, 2.05) is 79.7 Å². The highest BCUT2D eigenvalue weighted by Gasteiger charge is 2.68. The largest absolute Gasteiger partial charge is 0.451 e. The quantitative estimate of drug-likeness (QED) is 0.400. The Bertz CT molecular complexity index is 1320. The van der Waals surface area contributed by atoms with Crippen LogP contribution in [0.3, 0.4) is 0 Å². The predicted octanol–water partition coefficient (Wildman–Crippen LogP) is 3.50. The summed E-state index contributed by atoms with van der Waals surface area (Å²) in [7, 11) is -1.61. The number of ether oxygens (including phenoxy) is 1. The molecule has 0 aromatic heterocycles. The van der Waals surface area contributed by atoms with Crippen molar-refractivity contribution in [2.24, 2.45) is 0 Å². The third kappa shape index (κ3) is 4.35. The minimum absolute atomic E-state index is 0.407. The first-order chi connectivity index (χ1) is 17.7. The first-order valence-corrected chi connectivity index (χ1v) is 13.3. The average Bonchev–Trinajstić information content (AvgIpc) is 3.09. The Labute approximate surface area is 218 Å². The number of rotatable bonds is 6. The molecule has 2 amide bonds. The van der Waals surface area contributed by atoms with Gasteiger partial charge in [-0.15, -0.1) is 0 Å². The monoisotopic (exact) mass is 516 g/mol. The van der Waals surface area contributed by atoms with Crippen LogP contribution < -0.4 is 5.32 Å². The Morgan fingerprint density at radius 3 is 2.00 bits per heavy atom. The van der Waals surface area contributed by atoms with Crippen molar-refractivity contribution in [2.75, 3.05) is 0 Å². The highest BCUT2D eigenvalue weighted by Crippen LogP contribution is 2.44. The van der Waals surface area contributed by atoms with Gasteiger partial charge in [0.15, 0.2) is 6.10 Å². The zero-order valence-corrected chi connectivity index (χ0v) is 21.6. The van der Waals surface area contributed by atoms with Gasteiger partial charge in [0, 0.05) is 5.56 Å². The number of carbonyl (C=O) groups excluding carboxylic acids is 3. The van der Waals surface area contributed by atoms with Crippen molar-refractivity contribution in [1.29, 1.82) is 0 Å². The zero-order chi connectivity index (χ0) is 26.3. The fourth-order valence-electron chi connectivity index (χ4n) is 4.97. The van der Waals surface area contributed by atoms with Crippen LogP contribution in [0.4, 0.5) is 0 Å². The molecule has 3 aromatic rings. The topological polar surface area (TPSA) is 92.8 Å². The molecule has 8 heteroatoms. The van der Waals surface area contributed by atoms with E-state index in [4.69, 9.17) is 4.74 Å². The summed E-state index contributed by atoms with van der Waals surface area (Å²) < 4.78 is 18.5. The van der Waals surface area contributed by atoms with Gasteiger partial charge in [-0.3, -0.25) is 13.8 Å². The standard InChI is InChI=1S/C29H28N2O5S/c1-18-14-16-21(17-15-18)25(32)30-22-26(33)31-24(29(2,3)37(35)27(22)31)28(34)36-23(19-10-6-4-7-11-19)20-12-8-5-9-13-20/h4-17,22-24,27H,1-3H3,(H,30,32)/t22-,24-,27+,37?/m0/s1. The maximum atomic E-state index is 13.6. The molecule has 0 aliphatic carbocycles. The van der Waals surface area contributed by atoms with Crippen LogP contribution in [0.5, 0.6) is 0 Å². The lowest BCUT2D eigenvalue weighted by molar-refractivity contribution is -0.166. The number of nitrogens with zero attached hydrogens (tertiary/aromatic N) is 1.